The van der Waals surface area contributed by atoms with Gasteiger partial charge >= 0.3 is 5.97 Å². The molecule has 1 aromatic heterocycles. The van der Waals surface area contributed by atoms with Gasteiger partial charge in [-0.1, -0.05) is 6.07 Å². The Balaban J connectivity index is 1.58. The summed E-state index contributed by atoms with van der Waals surface area (Å²) in [6.45, 7) is -0.738. The molecule has 0 unspecified atom stereocenters. The number of halogens is 3. The minimum Gasteiger partial charge on any atom is -0.452 e. The molecule has 138 valence electrons. The maximum atomic E-state index is 13.5. The lowest BCUT2D eigenvalue weighted by Crippen LogP contribution is -2.21. The van der Waals surface area contributed by atoms with Gasteiger partial charge in [0.2, 0.25) is 0 Å². The zero-order valence-electron chi connectivity index (χ0n) is 13.5. The maximum absolute atomic E-state index is 13.5. The quantitative estimate of drug-likeness (QED) is 0.666. The fourth-order valence-electron chi connectivity index (χ4n) is 2.14. The van der Waals surface area contributed by atoms with Gasteiger partial charge in [-0.05, 0) is 36.4 Å². The van der Waals surface area contributed by atoms with Crippen molar-refractivity contribution in [1.82, 2.24) is 4.98 Å². The summed E-state index contributed by atoms with van der Waals surface area (Å²) in [5, 5.41) is 4.29. The van der Waals surface area contributed by atoms with Crippen LogP contribution in [0.15, 0.2) is 47.8 Å². The average molecular weight is 392 g/mol. The van der Waals surface area contributed by atoms with Crippen LogP contribution in [-0.2, 0) is 9.53 Å². The molecule has 0 spiro atoms. The molecule has 0 fully saturated rings. The molecule has 5 nitrogen and oxygen atoms in total. The van der Waals surface area contributed by atoms with Gasteiger partial charge in [0.05, 0.1) is 5.69 Å². The highest BCUT2D eigenvalue weighted by Crippen LogP contribution is 2.25. The number of ether oxygens (including phenoxy) is 1. The van der Waals surface area contributed by atoms with Gasteiger partial charge in [-0.25, -0.2) is 22.9 Å². The number of esters is 1. The topological polar surface area (TPSA) is 68.3 Å². The molecule has 1 heterocycles. The third-order valence-electron chi connectivity index (χ3n) is 3.39. The molecule has 2 aromatic carbocycles. The molecule has 0 radical (unpaired) electrons. The Morgan fingerprint density at radius 2 is 1.70 bits per heavy atom. The van der Waals surface area contributed by atoms with Crippen LogP contribution in [0.3, 0.4) is 0 Å². The summed E-state index contributed by atoms with van der Waals surface area (Å²) >= 11 is 1.12. The molecule has 3 rings (SSSR count). The number of thiazole rings is 1. The third-order valence-corrected chi connectivity index (χ3v) is 4.15. The smallest absolute Gasteiger partial charge is 0.344 e. The molecular weight excluding hydrogens is 381 g/mol. The Morgan fingerprint density at radius 3 is 2.37 bits per heavy atom. The summed E-state index contributed by atoms with van der Waals surface area (Å²) in [5.41, 5.74) is 0.327. The number of hydrogen-bond acceptors (Lipinski definition) is 5. The van der Waals surface area contributed by atoms with Gasteiger partial charge in [0.1, 0.15) is 23.0 Å². The first-order valence-electron chi connectivity index (χ1n) is 7.56. The second-order valence-electron chi connectivity index (χ2n) is 5.27. The van der Waals surface area contributed by atoms with Crippen LogP contribution in [0.1, 0.15) is 10.4 Å². The second kappa shape index (κ2) is 8.00. The van der Waals surface area contributed by atoms with Crippen LogP contribution in [0, 0.1) is 17.5 Å². The average Bonchev–Trinajstić information content (AvgIpc) is 3.09. The molecule has 0 saturated heterocycles. The Kier molecular flexibility index (Phi) is 5.51. The Labute approximate surface area is 155 Å². The Morgan fingerprint density at radius 1 is 1.04 bits per heavy atom. The van der Waals surface area contributed by atoms with Crippen molar-refractivity contribution >= 4 is 28.3 Å². The summed E-state index contributed by atoms with van der Waals surface area (Å²) < 4.78 is 44.5. The van der Waals surface area contributed by atoms with Crippen LogP contribution in [0.5, 0.6) is 0 Å². The third kappa shape index (κ3) is 4.50. The normalized spacial score (nSPS) is 10.5. The summed E-state index contributed by atoms with van der Waals surface area (Å²) in [6.07, 6.45) is 0. The van der Waals surface area contributed by atoms with Crippen molar-refractivity contribution in [3.63, 3.8) is 0 Å². The first kappa shape index (κ1) is 18.6. The molecule has 27 heavy (non-hydrogen) atoms. The largest absolute Gasteiger partial charge is 0.452 e. The van der Waals surface area contributed by atoms with Crippen molar-refractivity contribution in [3.05, 3.63) is 70.9 Å². The van der Waals surface area contributed by atoms with Crippen molar-refractivity contribution in [3.8, 4) is 11.3 Å². The van der Waals surface area contributed by atoms with Crippen LogP contribution in [0.25, 0.3) is 11.3 Å². The molecule has 3 aromatic rings. The van der Waals surface area contributed by atoms with Gasteiger partial charge in [0.15, 0.2) is 11.7 Å². The molecule has 0 aliphatic carbocycles. The number of carbonyl (C=O) groups excluding carboxylic acids is 2. The zero-order chi connectivity index (χ0) is 19.4. The number of carbonyl (C=O) groups is 2. The van der Waals surface area contributed by atoms with E-state index in [1.54, 1.807) is 17.5 Å². The number of rotatable bonds is 5. The zero-order valence-corrected chi connectivity index (χ0v) is 14.4. The van der Waals surface area contributed by atoms with Gasteiger partial charge in [0, 0.05) is 10.9 Å². The van der Waals surface area contributed by atoms with E-state index in [1.165, 1.54) is 12.1 Å². The van der Waals surface area contributed by atoms with E-state index in [0.717, 1.165) is 29.5 Å². The molecule has 0 bridgehead atoms. The first-order chi connectivity index (χ1) is 12.9. The standard InChI is InChI=1S/C18H11F3N2O3S/c19-11-6-4-10(5-7-11)14-9-27-18(22-14)23-15(24)8-26-17(25)16-12(20)2-1-3-13(16)21/h1-7,9H,8H2,(H,22,23,24). The lowest BCUT2D eigenvalue weighted by molar-refractivity contribution is -0.119. The number of nitrogens with one attached hydrogen (secondary N) is 1. The molecule has 1 N–H and O–H groups in total. The number of aromatic nitrogens is 1. The van der Waals surface area contributed by atoms with Gasteiger partial charge < -0.3 is 4.74 Å². The fraction of sp³-hybridized carbons (Fsp3) is 0.0556. The van der Waals surface area contributed by atoms with Crippen LogP contribution >= 0.6 is 11.3 Å². The molecule has 9 heteroatoms. The maximum Gasteiger partial charge on any atom is 0.344 e. The number of benzene rings is 2. The second-order valence-corrected chi connectivity index (χ2v) is 6.12. The fourth-order valence-corrected chi connectivity index (χ4v) is 2.87. The van der Waals surface area contributed by atoms with E-state index < -0.39 is 35.7 Å². The predicted molar refractivity (Wildman–Crippen MR) is 92.8 cm³/mol. The van der Waals surface area contributed by atoms with Gasteiger partial charge in [0.25, 0.3) is 5.91 Å². The van der Waals surface area contributed by atoms with E-state index in [-0.39, 0.29) is 10.9 Å². The summed E-state index contributed by atoms with van der Waals surface area (Å²) in [6, 6.07) is 8.58. The van der Waals surface area contributed by atoms with Crippen molar-refractivity contribution in [2.24, 2.45) is 0 Å². The van der Waals surface area contributed by atoms with E-state index in [9.17, 15) is 22.8 Å². The van der Waals surface area contributed by atoms with Gasteiger partial charge in [-0.3, -0.25) is 10.1 Å². The summed E-state index contributed by atoms with van der Waals surface area (Å²) in [4.78, 5) is 27.8. The lowest BCUT2D eigenvalue weighted by Gasteiger charge is -2.06. The van der Waals surface area contributed by atoms with Crippen LogP contribution < -0.4 is 5.32 Å². The minimum absolute atomic E-state index is 0.229. The van der Waals surface area contributed by atoms with E-state index in [1.807, 2.05) is 0 Å². The predicted octanol–water partition coefficient (Wildman–Crippen LogP) is 4.02. The Hall–Kier alpha value is -3.20. The highest BCUT2D eigenvalue weighted by molar-refractivity contribution is 7.14. The highest BCUT2D eigenvalue weighted by atomic mass is 32.1. The van der Waals surface area contributed by atoms with Crippen molar-refractivity contribution in [2.45, 2.75) is 0 Å². The highest BCUT2D eigenvalue weighted by Gasteiger charge is 2.19. The number of hydrogen-bond donors (Lipinski definition) is 1. The molecular formula is C18H11F3N2O3S. The molecule has 0 aliphatic rings. The van der Waals surface area contributed by atoms with E-state index >= 15 is 0 Å². The van der Waals surface area contributed by atoms with E-state index in [4.69, 9.17) is 0 Å². The minimum atomic E-state index is -1.29. The van der Waals surface area contributed by atoms with Crippen LogP contribution in [0.4, 0.5) is 18.3 Å². The summed E-state index contributed by atoms with van der Waals surface area (Å²) in [7, 11) is 0. The van der Waals surface area contributed by atoms with Gasteiger partial charge in [-0.15, -0.1) is 11.3 Å². The number of amides is 1. The van der Waals surface area contributed by atoms with Crippen molar-refractivity contribution < 1.29 is 27.5 Å². The Bertz CT molecular complexity index is 970. The van der Waals surface area contributed by atoms with E-state index in [2.05, 4.69) is 15.0 Å². The molecule has 0 saturated carbocycles. The van der Waals surface area contributed by atoms with Gasteiger partial charge in [-0.2, -0.15) is 0 Å². The van der Waals surface area contributed by atoms with Crippen LogP contribution in [-0.4, -0.2) is 23.5 Å². The van der Waals surface area contributed by atoms with Crippen molar-refractivity contribution in [1.29, 1.82) is 0 Å². The molecule has 1 amide bonds. The van der Waals surface area contributed by atoms with Crippen LogP contribution in [0.2, 0.25) is 0 Å². The monoisotopic (exact) mass is 392 g/mol. The number of anilines is 1. The SMILES string of the molecule is O=C(COC(=O)c1c(F)cccc1F)Nc1nc(-c2ccc(F)cc2)cs1. The lowest BCUT2D eigenvalue weighted by atomic mass is 10.2. The molecule has 0 atom stereocenters. The summed E-state index contributed by atoms with van der Waals surface area (Å²) in [5.74, 6) is -4.55. The number of nitrogens with zero attached hydrogens (tertiary/aromatic N) is 1. The first-order valence-corrected chi connectivity index (χ1v) is 8.44. The van der Waals surface area contributed by atoms with E-state index in [0.29, 0.717) is 11.3 Å². The van der Waals surface area contributed by atoms with Crippen molar-refractivity contribution in [2.75, 3.05) is 11.9 Å². The molecule has 0 aliphatic heterocycles.